The van der Waals surface area contributed by atoms with Crippen molar-refractivity contribution >= 4 is 96.5 Å². The Kier molecular flexibility index (Phi) is 23.1. The van der Waals surface area contributed by atoms with Crippen molar-refractivity contribution in [3.8, 4) is 0 Å². The molecule has 0 atom stereocenters. The number of carboxylic acid groups (broad SMARTS) is 1. The minimum Gasteiger partial charge on any atom is -0.476 e. The number of primary amides is 1. The Morgan fingerprint density at radius 1 is 0.621 bits per heavy atom. The molecule has 28 heteroatoms. The van der Waals surface area contributed by atoms with Crippen LogP contribution < -0.4 is 11.9 Å². The molecular weight excluding hydrogens is 1100 g/mol. The van der Waals surface area contributed by atoms with Crippen LogP contribution in [0.3, 0.4) is 0 Å². The molecule has 6 N–H and O–H groups in total. The van der Waals surface area contributed by atoms with Gasteiger partial charge in [-0.3, -0.25) is 9.59 Å². The van der Waals surface area contributed by atoms with Crippen molar-refractivity contribution in [2.45, 2.75) is 19.6 Å². The Morgan fingerprint density at radius 3 is 1.10 bits per heavy atom. The fourth-order valence-electron chi connectivity index (χ4n) is 3.96. The highest BCUT2D eigenvalue weighted by Gasteiger charge is 2.15. The fourth-order valence-corrected chi connectivity index (χ4v) is 4.05. The molecule has 0 spiro atoms. The Hall–Kier alpha value is -4.29. The summed E-state index contributed by atoms with van der Waals surface area (Å²) in [5.41, 5.74) is 4.10. The van der Waals surface area contributed by atoms with Crippen LogP contribution in [-0.4, -0.2) is 71.4 Å². The van der Waals surface area contributed by atoms with Crippen molar-refractivity contribution in [2.24, 2.45) is 5.73 Å². The lowest BCUT2D eigenvalue weighted by molar-refractivity contribution is 0.0689. The molecule has 6 rings (SSSR count). The average molecular weight is 1120 g/mol. The van der Waals surface area contributed by atoms with Gasteiger partial charge in [0.05, 0.1) is 38.2 Å². The maximum absolute atomic E-state index is 13.3. The minimum absolute atomic E-state index is 0. The third-order valence-corrected chi connectivity index (χ3v) is 6.63. The monoisotopic (exact) mass is 1120 g/mol. The predicted octanol–water partition coefficient (Wildman–Crippen LogP) is 6.97. The number of benzene rings is 3. The number of carboxylic acids is 1. The number of carbonyl (C=O) groups is 3. The molecule has 312 valence electrons. The SMILES string of the molecule is II.N.NC(=O)c1cn(Cc2c(F)cccc2F)nn1.O=C(Cl)c1cn(Cc2c(F)cccc2F)nn1.O=C(O)c1cn(Cc2c(F)cccc2F)nn1.O=S(Cl)Cl. The van der Waals surface area contributed by atoms with Gasteiger partial charge in [-0.1, -0.05) is 33.8 Å². The molecular formula is C30H24Cl3F6I2N11O5S. The number of nitrogens with two attached hydrogens (primary N) is 1. The lowest BCUT2D eigenvalue weighted by atomic mass is 10.2. The van der Waals surface area contributed by atoms with Crippen molar-refractivity contribution in [2.75, 3.05) is 0 Å². The van der Waals surface area contributed by atoms with Crippen LogP contribution in [0.5, 0.6) is 0 Å². The summed E-state index contributed by atoms with van der Waals surface area (Å²) < 4.78 is 92.2. The molecule has 3 aromatic heterocycles. The van der Waals surface area contributed by atoms with Gasteiger partial charge in [0.25, 0.3) is 11.1 Å². The first-order valence-electron chi connectivity index (χ1n) is 14.6. The number of rotatable bonds is 9. The molecule has 16 nitrogen and oxygen atoms in total. The van der Waals surface area contributed by atoms with E-state index in [9.17, 15) is 40.7 Å². The maximum atomic E-state index is 13.3. The van der Waals surface area contributed by atoms with Crippen LogP contribution >= 0.6 is 70.2 Å². The van der Waals surface area contributed by atoms with Crippen LogP contribution in [0.4, 0.5) is 26.3 Å². The smallest absolute Gasteiger partial charge is 0.358 e. The van der Waals surface area contributed by atoms with Crippen molar-refractivity contribution in [1.29, 1.82) is 0 Å². The number of nitrogens with zero attached hydrogens (tertiary/aromatic N) is 9. The molecule has 0 fully saturated rings. The first kappa shape index (κ1) is 51.7. The highest BCUT2D eigenvalue weighted by molar-refractivity contribution is 15.0. The van der Waals surface area contributed by atoms with E-state index in [1.807, 2.05) is 0 Å². The summed E-state index contributed by atoms with van der Waals surface area (Å²) in [6.45, 7) is -0.521. The number of hydrogen-bond acceptors (Lipinski definition) is 11. The van der Waals surface area contributed by atoms with E-state index in [0.29, 0.717) is 0 Å². The molecule has 0 aliphatic rings. The Bertz CT molecular complexity index is 2020. The van der Waals surface area contributed by atoms with Gasteiger partial charge in [0.15, 0.2) is 17.1 Å². The van der Waals surface area contributed by atoms with Crippen LogP contribution in [0.25, 0.3) is 0 Å². The predicted molar refractivity (Wildman–Crippen MR) is 215 cm³/mol. The van der Waals surface area contributed by atoms with Crippen LogP contribution in [-0.2, 0) is 28.9 Å². The number of carbonyl (C=O) groups excluding carboxylic acids is 2. The molecule has 3 aromatic carbocycles. The summed E-state index contributed by atoms with van der Waals surface area (Å²) in [5, 5.41) is 28.7. The van der Waals surface area contributed by atoms with Crippen molar-refractivity contribution < 1.29 is 50.0 Å². The van der Waals surface area contributed by atoms with Crippen LogP contribution in [0, 0.1) is 34.9 Å². The third-order valence-electron chi connectivity index (χ3n) is 6.43. The fraction of sp³-hybridized carbons (Fsp3) is 0.100. The molecule has 0 aliphatic carbocycles. The molecule has 0 unspecified atom stereocenters. The van der Waals surface area contributed by atoms with E-state index >= 15 is 0 Å². The van der Waals surface area contributed by atoms with Crippen molar-refractivity contribution in [1.82, 2.24) is 51.1 Å². The van der Waals surface area contributed by atoms with E-state index in [4.69, 9.17) is 26.7 Å². The van der Waals surface area contributed by atoms with E-state index in [-0.39, 0.29) is 59.6 Å². The standard InChI is InChI=1S/C10H6ClF2N3O.C10H8F2N4O.C10H7F2N3O2.Cl2OS.I2.H3N/c11-10(17)9-5-16(15-14-9)4-6-7(12)2-1-3-8(6)13;11-7-2-1-3-8(12)6(7)4-16-5-9(10(13)17)14-15-16;11-7-2-1-3-8(12)6(7)4-15-5-9(10(16)17)13-14-15;1-4(2)3;1-2;/h1-3,5H,4H2;1-3,5H,4H2,(H2,13,17);1-3,5H,4H2,(H,16,17);;;1H3. The number of aromatic nitrogens is 9. The topological polar surface area (TPSA) is 242 Å². The van der Waals surface area contributed by atoms with E-state index < -0.39 is 61.2 Å². The summed E-state index contributed by atoms with van der Waals surface area (Å²) in [6, 6.07) is 10.6. The average Bonchev–Trinajstić information content (AvgIpc) is 3.93. The first-order valence-corrected chi connectivity index (χ1v) is 24.0. The number of aromatic carboxylic acids is 1. The number of halogens is 11. The van der Waals surface area contributed by atoms with Gasteiger partial charge < -0.3 is 17.0 Å². The molecule has 3 heterocycles. The van der Waals surface area contributed by atoms with E-state index in [1.165, 1.54) is 30.6 Å². The molecule has 0 aliphatic heterocycles. The van der Waals surface area contributed by atoms with Gasteiger partial charge in [-0.15, -0.1) is 15.3 Å². The van der Waals surface area contributed by atoms with Gasteiger partial charge >= 0.3 is 5.97 Å². The second-order valence-electron chi connectivity index (χ2n) is 10.1. The van der Waals surface area contributed by atoms with E-state index in [0.717, 1.165) is 56.6 Å². The van der Waals surface area contributed by atoms with Gasteiger partial charge in [0.2, 0.25) is 9.23 Å². The zero-order valence-corrected chi connectivity index (χ0v) is 35.9. The molecule has 6 aromatic rings. The maximum Gasteiger partial charge on any atom is 0.358 e. The van der Waals surface area contributed by atoms with Crippen LogP contribution in [0.15, 0.2) is 73.2 Å². The Labute approximate surface area is 362 Å². The first-order chi connectivity index (χ1) is 27.0. The van der Waals surface area contributed by atoms with Gasteiger partial charge in [-0.2, -0.15) is 0 Å². The van der Waals surface area contributed by atoms with Crippen molar-refractivity contribution in [3.05, 3.63) is 142 Å². The number of hydrogen-bond donors (Lipinski definition) is 3. The van der Waals surface area contributed by atoms with Crippen molar-refractivity contribution in [3.63, 3.8) is 0 Å². The molecule has 0 bridgehead atoms. The second-order valence-corrected chi connectivity index (χ2v) is 13.0. The van der Waals surface area contributed by atoms with Gasteiger partial charge in [-0.25, -0.2) is 49.4 Å². The molecule has 0 saturated carbocycles. The minimum atomic E-state index is -1.67. The lowest BCUT2D eigenvalue weighted by Gasteiger charge is -2.03. The van der Waals surface area contributed by atoms with E-state index in [2.05, 4.69) is 89.5 Å². The summed E-state index contributed by atoms with van der Waals surface area (Å²) in [5.74, 6) is -6.13. The summed E-state index contributed by atoms with van der Waals surface area (Å²) in [6.07, 6.45) is 3.56. The molecule has 0 radical (unpaired) electrons. The highest BCUT2D eigenvalue weighted by Crippen LogP contribution is 2.15. The Morgan fingerprint density at radius 2 is 0.879 bits per heavy atom. The van der Waals surface area contributed by atoms with Gasteiger partial charge in [0.1, 0.15) is 34.9 Å². The Balaban J connectivity index is 0.000000403. The van der Waals surface area contributed by atoms with Gasteiger partial charge in [0, 0.05) is 75.3 Å². The van der Waals surface area contributed by atoms with Crippen LogP contribution in [0.2, 0.25) is 0 Å². The zero-order chi connectivity index (χ0) is 42.8. The second kappa shape index (κ2) is 25.9. The van der Waals surface area contributed by atoms with Gasteiger partial charge in [-0.05, 0) is 48.0 Å². The quantitative estimate of drug-likeness (QED) is 0.0756. The zero-order valence-electron chi connectivity index (χ0n) is 28.5. The lowest BCUT2D eigenvalue weighted by Crippen LogP contribution is -2.11. The summed E-state index contributed by atoms with van der Waals surface area (Å²) >= 11 is 9.42. The van der Waals surface area contributed by atoms with Crippen LogP contribution in [0.1, 0.15) is 48.2 Å². The third kappa shape index (κ3) is 16.9. The molecule has 58 heavy (non-hydrogen) atoms. The normalized spacial score (nSPS) is 9.93. The highest BCUT2D eigenvalue weighted by atomic mass is 128. The molecule has 0 saturated heterocycles. The number of amides is 1. The summed E-state index contributed by atoms with van der Waals surface area (Å²) in [4.78, 5) is 32.0. The largest absolute Gasteiger partial charge is 0.476 e. The summed E-state index contributed by atoms with van der Waals surface area (Å²) in [7, 11) is 7.36. The molecule has 1 amide bonds. The van der Waals surface area contributed by atoms with E-state index in [1.54, 1.807) is 0 Å².